The molecule has 1 aromatic carbocycles. The van der Waals surface area contributed by atoms with E-state index in [-0.39, 0.29) is 12.4 Å². The van der Waals surface area contributed by atoms with E-state index in [1.54, 1.807) is 18.2 Å². The Morgan fingerprint density at radius 2 is 2.11 bits per heavy atom. The summed E-state index contributed by atoms with van der Waals surface area (Å²) >= 11 is 5.93. The molecule has 0 aliphatic carbocycles. The van der Waals surface area contributed by atoms with E-state index in [0.29, 0.717) is 21.8 Å². The first-order valence-corrected chi connectivity index (χ1v) is 5.70. The lowest BCUT2D eigenvalue weighted by Gasteiger charge is -2.09. The average Bonchev–Trinajstić information content (AvgIpc) is 2.37. The maximum Gasteiger partial charge on any atom is 0.404 e. The number of rotatable bonds is 3. The maximum absolute atomic E-state index is 10.5. The topological polar surface area (TPSA) is 95.3 Å². The molecule has 0 saturated carbocycles. The van der Waals surface area contributed by atoms with Crippen LogP contribution in [0.15, 0.2) is 30.6 Å². The van der Waals surface area contributed by atoms with Crippen LogP contribution in [0.5, 0.6) is 5.88 Å². The summed E-state index contributed by atoms with van der Waals surface area (Å²) in [4.78, 5) is 18.2. The lowest BCUT2D eigenvalue weighted by Crippen LogP contribution is -2.20. The van der Waals surface area contributed by atoms with E-state index in [1.165, 1.54) is 12.4 Å². The summed E-state index contributed by atoms with van der Waals surface area (Å²) < 4.78 is 0. The van der Waals surface area contributed by atoms with Crippen molar-refractivity contribution < 1.29 is 15.0 Å². The largest absolute Gasteiger partial charge is 0.493 e. The Balaban J connectivity index is 2.42. The molecule has 0 radical (unpaired) electrons. The first-order chi connectivity index (χ1) is 9.06. The van der Waals surface area contributed by atoms with Gasteiger partial charge in [0.2, 0.25) is 5.88 Å². The Hall–Kier alpha value is -2.34. The summed E-state index contributed by atoms with van der Waals surface area (Å²) in [6.45, 7) is 0.118. The van der Waals surface area contributed by atoms with Crippen molar-refractivity contribution in [3.8, 4) is 17.1 Å². The van der Waals surface area contributed by atoms with Gasteiger partial charge in [-0.05, 0) is 17.7 Å². The molecule has 7 heteroatoms. The maximum atomic E-state index is 10.5. The van der Waals surface area contributed by atoms with Crippen LogP contribution in [0.3, 0.4) is 0 Å². The fourth-order valence-corrected chi connectivity index (χ4v) is 1.78. The van der Waals surface area contributed by atoms with E-state index in [2.05, 4.69) is 15.3 Å². The molecule has 1 amide bonds. The van der Waals surface area contributed by atoms with Gasteiger partial charge in [0.05, 0.1) is 5.69 Å². The van der Waals surface area contributed by atoms with Crippen molar-refractivity contribution in [1.82, 2.24) is 15.3 Å². The molecule has 0 fully saturated rings. The Morgan fingerprint density at radius 3 is 2.79 bits per heavy atom. The predicted molar refractivity (Wildman–Crippen MR) is 69.0 cm³/mol. The number of carboxylic acid groups (broad SMARTS) is 1. The van der Waals surface area contributed by atoms with E-state index in [1.807, 2.05) is 0 Å². The second kappa shape index (κ2) is 5.53. The highest BCUT2D eigenvalue weighted by atomic mass is 35.5. The van der Waals surface area contributed by atoms with Crippen LogP contribution in [0.1, 0.15) is 5.56 Å². The van der Waals surface area contributed by atoms with Gasteiger partial charge in [0.1, 0.15) is 6.33 Å². The number of nitrogens with zero attached hydrogens (tertiary/aromatic N) is 2. The number of nitrogens with one attached hydrogen (secondary N) is 1. The van der Waals surface area contributed by atoms with Crippen LogP contribution in [0.2, 0.25) is 5.02 Å². The van der Waals surface area contributed by atoms with Gasteiger partial charge >= 0.3 is 6.09 Å². The van der Waals surface area contributed by atoms with E-state index in [4.69, 9.17) is 16.7 Å². The van der Waals surface area contributed by atoms with Gasteiger partial charge in [0.25, 0.3) is 0 Å². The Labute approximate surface area is 113 Å². The van der Waals surface area contributed by atoms with Crippen molar-refractivity contribution in [2.75, 3.05) is 0 Å². The summed E-state index contributed by atoms with van der Waals surface area (Å²) in [6, 6.07) is 6.40. The number of hydrogen-bond donors (Lipinski definition) is 3. The molecule has 0 aliphatic heterocycles. The minimum Gasteiger partial charge on any atom is -0.493 e. The molecule has 98 valence electrons. The number of halogens is 1. The summed E-state index contributed by atoms with van der Waals surface area (Å²) in [7, 11) is 0. The molecular weight excluding hydrogens is 270 g/mol. The van der Waals surface area contributed by atoms with Gasteiger partial charge in [0.15, 0.2) is 0 Å². The van der Waals surface area contributed by atoms with Crippen molar-refractivity contribution in [3.05, 3.63) is 41.2 Å². The third-order valence-corrected chi connectivity index (χ3v) is 2.67. The monoisotopic (exact) mass is 279 g/mol. The third kappa shape index (κ3) is 3.32. The van der Waals surface area contributed by atoms with Crippen LogP contribution in [-0.2, 0) is 6.54 Å². The second-order valence-corrected chi connectivity index (χ2v) is 4.16. The Morgan fingerprint density at radius 1 is 1.32 bits per heavy atom. The molecule has 1 aromatic heterocycles. The number of carbonyl (C=O) groups is 1. The molecule has 19 heavy (non-hydrogen) atoms. The third-order valence-electron chi connectivity index (χ3n) is 2.43. The van der Waals surface area contributed by atoms with Gasteiger partial charge < -0.3 is 15.5 Å². The number of benzene rings is 1. The molecule has 0 spiro atoms. The minimum absolute atomic E-state index is 0.118. The van der Waals surface area contributed by atoms with E-state index >= 15 is 0 Å². The normalized spacial score (nSPS) is 10.2. The van der Waals surface area contributed by atoms with Crippen LogP contribution in [0.25, 0.3) is 11.3 Å². The predicted octanol–water partition coefficient (Wildman–Crippen LogP) is 2.27. The molecule has 0 atom stereocenters. The zero-order valence-electron chi connectivity index (χ0n) is 9.67. The Bertz CT molecular complexity index is 619. The van der Waals surface area contributed by atoms with Crippen LogP contribution in [0.4, 0.5) is 4.79 Å². The van der Waals surface area contributed by atoms with Crippen LogP contribution >= 0.6 is 11.6 Å². The molecular formula is C12H10ClN3O3. The number of amides is 1. The lowest BCUT2D eigenvalue weighted by atomic mass is 10.0. The summed E-state index contributed by atoms with van der Waals surface area (Å²) in [5.41, 5.74) is 1.81. The van der Waals surface area contributed by atoms with Gasteiger partial charge in [0, 0.05) is 23.2 Å². The fraction of sp³-hybridized carbons (Fsp3) is 0.0833. The molecule has 2 aromatic rings. The quantitative estimate of drug-likeness (QED) is 0.801. The average molecular weight is 280 g/mol. The molecule has 2 rings (SSSR count). The van der Waals surface area contributed by atoms with E-state index in [0.717, 1.165) is 0 Å². The van der Waals surface area contributed by atoms with Gasteiger partial charge in [-0.1, -0.05) is 17.7 Å². The summed E-state index contributed by atoms with van der Waals surface area (Å²) in [6.07, 6.45) is 0.103. The van der Waals surface area contributed by atoms with Gasteiger partial charge in [-0.25, -0.2) is 14.8 Å². The van der Waals surface area contributed by atoms with Crippen molar-refractivity contribution in [3.63, 3.8) is 0 Å². The SMILES string of the molecule is O=C(O)NCc1ccc(Cl)cc1-c1cc(O)ncn1. The first-order valence-electron chi connectivity index (χ1n) is 5.33. The molecule has 0 aliphatic rings. The zero-order valence-corrected chi connectivity index (χ0v) is 10.4. The zero-order chi connectivity index (χ0) is 13.8. The van der Waals surface area contributed by atoms with Gasteiger partial charge in [-0.2, -0.15) is 0 Å². The molecule has 3 N–H and O–H groups in total. The highest BCUT2D eigenvalue weighted by molar-refractivity contribution is 6.30. The van der Waals surface area contributed by atoms with Gasteiger partial charge in [-0.15, -0.1) is 0 Å². The van der Waals surface area contributed by atoms with Crippen molar-refractivity contribution in [2.24, 2.45) is 0 Å². The summed E-state index contributed by atoms with van der Waals surface area (Å²) in [5, 5.41) is 20.8. The molecule has 0 saturated heterocycles. The van der Waals surface area contributed by atoms with Crippen LogP contribution < -0.4 is 5.32 Å². The van der Waals surface area contributed by atoms with E-state index in [9.17, 15) is 9.90 Å². The number of aromatic nitrogens is 2. The smallest absolute Gasteiger partial charge is 0.404 e. The molecule has 1 heterocycles. The van der Waals surface area contributed by atoms with Crippen molar-refractivity contribution >= 4 is 17.7 Å². The number of aromatic hydroxyl groups is 1. The minimum atomic E-state index is -1.12. The highest BCUT2D eigenvalue weighted by Crippen LogP contribution is 2.26. The fourth-order valence-electron chi connectivity index (χ4n) is 1.61. The second-order valence-electron chi connectivity index (χ2n) is 3.72. The molecule has 0 unspecified atom stereocenters. The first kappa shape index (κ1) is 13.1. The lowest BCUT2D eigenvalue weighted by molar-refractivity contribution is 0.194. The van der Waals surface area contributed by atoms with E-state index < -0.39 is 6.09 Å². The Kier molecular flexibility index (Phi) is 3.82. The molecule has 0 bridgehead atoms. The van der Waals surface area contributed by atoms with Crippen LogP contribution in [0, 0.1) is 0 Å². The van der Waals surface area contributed by atoms with Crippen molar-refractivity contribution in [1.29, 1.82) is 0 Å². The van der Waals surface area contributed by atoms with Crippen LogP contribution in [-0.4, -0.2) is 26.3 Å². The molecule has 6 nitrogen and oxygen atoms in total. The van der Waals surface area contributed by atoms with Crippen molar-refractivity contribution in [2.45, 2.75) is 6.54 Å². The summed E-state index contributed by atoms with van der Waals surface area (Å²) in [5.74, 6) is -0.165. The van der Waals surface area contributed by atoms with Gasteiger partial charge in [-0.3, -0.25) is 0 Å². The highest BCUT2D eigenvalue weighted by Gasteiger charge is 2.09. The standard InChI is InChI=1S/C12H10ClN3O3/c13-8-2-1-7(5-14-12(18)19)9(3-8)10-4-11(17)16-6-15-10/h1-4,6,14H,5H2,(H,18,19)(H,15,16,17). The number of hydrogen-bond acceptors (Lipinski definition) is 4.